The monoisotopic (exact) mass is 662 g/mol. The number of nitrogens with two attached hydrogens (primary N) is 1. The molecule has 0 saturated carbocycles. The predicted molar refractivity (Wildman–Crippen MR) is 174 cm³/mol. The fourth-order valence-corrected chi connectivity index (χ4v) is 8.14. The maximum Gasteiger partial charge on any atom is 0.255 e. The van der Waals surface area contributed by atoms with Crippen molar-refractivity contribution in [1.29, 1.82) is 0 Å². The number of aromatic hydroxyl groups is 1. The quantitative estimate of drug-likeness (QED) is 0.219. The van der Waals surface area contributed by atoms with Crippen molar-refractivity contribution in [3.05, 3.63) is 69.7 Å². The van der Waals surface area contributed by atoms with Crippen molar-refractivity contribution < 1.29 is 44.7 Å². The third-order valence-electron chi connectivity index (χ3n) is 10.5. The molecule has 256 valence electrons. The van der Waals surface area contributed by atoms with Gasteiger partial charge in [-0.2, -0.15) is 0 Å². The maximum atomic E-state index is 14.2. The van der Waals surface area contributed by atoms with Crippen molar-refractivity contribution in [2.45, 2.75) is 31.0 Å². The molecule has 7 N–H and O–H groups in total. The lowest BCUT2D eigenvalue weighted by Gasteiger charge is -2.50. The first-order valence-corrected chi connectivity index (χ1v) is 16.1. The summed E-state index contributed by atoms with van der Waals surface area (Å²) in [6.45, 7) is 4.72. The molecule has 13 heteroatoms. The number of phenolic OH excluding ortho intramolecular Hbond substituents is 1. The van der Waals surface area contributed by atoms with Gasteiger partial charge in [0.25, 0.3) is 5.91 Å². The summed E-state index contributed by atoms with van der Waals surface area (Å²) in [4.78, 5) is 46.0. The number of fused-ring (bicyclic) bond motifs is 3. The number of amides is 1. The molecule has 13 nitrogen and oxygen atoms in total. The summed E-state index contributed by atoms with van der Waals surface area (Å²) in [6, 6.07) is 7.86. The summed E-state index contributed by atoms with van der Waals surface area (Å²) in [6.07, 6.45) is 0.198. The Bertz CT molecular complexity index is 1740. The van der Waals surface area contributed by atoms with E-state index in [1.165, 1.54) is 11.0 Å². The first kappa shape index (κ1) is 33.6. The largest absolute Gasteiger partial charge is 0.510 e. The van der Waals surface area contributed by atoms with Gasteiger partial charge in [0.15, 0.2) is 11.4 Å². The normalized spacial score (nSPS) is 26.4. The third kappa shape index (κ3) is 5.26. The fourth-order valence-electron chi connectivity index (χ4n) is 8.14. The molecule has 2 aromatic carbocycles. The molecule has 0 bridgehead atoms. The maximum absolute atomic E-state index is 14.2. The molecule has 1 aliphatic heterocycles. The molecule has 2 aromatic rings. The molecule has 3 aliphatic carbocycles. The standard InChI is InChI=1S/C35H42N4O9/c1-37(2)29-23-16-19-15-22-21(18-4-7-25(48-3)20(14-18)17-39-10-8-38(9-11-39)12-13-40)5-6-24(41)27(22)30(42)26(19)32(44)35(23,47)33(45)28(31(29)43)34(36)46/h4-7,14,19,23,29,40-41,43-44,47H,8-13,15-17H2,1-3H3,(H2,36,46)/t19-,23-,29-,35-/m0/s1. The Morgan fingerprint density at radius 1 is 1.06 bits per heavy atom. The topological polar surface area (TPSA) is 197 Å². The van der Waals surface area contributed by atoms with E-state index in [9.17, 15) is 39.9 Å². The van der Waals surface area contributed by atoms with E-state index < -0.39 is 58.0 Å². The number of aliphatic hydroxyl groups excluding tert-OH is 3. The lowest BCUT2D eigenvalue weighted by Crippen LogP contribution is -2.63. The average Bonchev–Trinajstić information content (AvgIpc) is 3.03. The minimum atomic E-state index is -2.69. The Labute approximate surface area is 278 Å². The van der Waals surface area contributed by atoms with E-state index in [1.54, 1.807) is 27.3 Å². The van der Waals surface area contributed by atoms with Crippen molar-refractivity contribution in [2.24, 2.45) is 17.6 Å². The Morgan fingerprint density at radius 2 is 1.75 bits per heavy atom. The fraction of sp³-hybridized carbons (Fsp3) is 0.457. The third-order valence-corrected chi connectivity index (χ3v) is 10.5. The molecule has 1 saturated heterocycles. The summed E-state index contributed by atoms with van der Waals surface area (Å²) < 4.78 is 5.69. The number of benzene rings is 2. The van der Waals surface area contributed by atoms with Crippen LogP contribution in [-0.4, -0.2) is 130 Å². The van der Waals surface area contributed by atoms with E-state index in [4.69, 9.17) is 10.5 Å². The van der Waals surface area contributed by atoms with E-state index in [1.807, 2.05) is 18.2 Å². The van der Waals surface area contributed by atoms with Crippen LogP contribution in [0.25, 0.3) is 11.1 Å². The van der Waals surface area contributed by atoms with Crippen LogP contribution in [0.4, 0.5) is 0 Å². The van der Waals surface area contributed by atoms with Crippen LogP contribution in [0, 0.1) is 11.8 Å². The highest BCUT2D eigenvalue weighted by Crippen LogP contribution is 2.53. The van der Waals surface area contributed by atoms with Crippen molar-refractivity contribution >= 4 is 17.5 Å². The molecule has 0 radical (unpaired) electrons. The van der Waals surface area contributed by atoms with Crippen molar-refractivity contribution in [1.82, 2.24) is 14.7 Å². The van der Waals surface area contributed by atoms with Gasteiger partial charge in [-0.3, -0.25) is 29.1 Å². The van der Waals surface area contributed by atoms with Crippen LogP contribution in [0.15, 0.2) is 53.0 Å². The molecule has 1 amide bonds. The van der Waals surface area contributed by atoms with Gasteiger partial charge in [-0.05, 0) is 67.7 Å². The molecule has 48 heavy (non-hydrogen) atoms. The highest BCUT2D eigenvalue weighted by molar-refractivity contribution is 6.24. The number of ketones is 2. The zero-order valence-electron chi connectivity index (χ0n) is 27.3. The molecule has 0 spiro atoms. The number of piperazine rings is 1. The predicted octanol–water partition coefficient (Wildman–Crippen LogP) is 0.906. The van der Waals surface area contributed by atoms with Crippen LogP contribution in [-0.2, 0) is 22.6 Å². The van der Waals surface area contributed by atoms with Crippen LogP contribution in [0.3, 0.4) is 0 Å². The number of phenols is 1. The Balaban J connectivity index is 1.41. The summed E-state index contributed by atoms with van der Waals surface area (Å²) in [5.41, 5.74) is 4.66. The molecule has 4 aliphatic rings. The number of aliphatic hydroxyl groups is 4. The van der Waals surface area contributed by atoms with Crippen LogP contribution >= 0.6 is 0 Å². The molecule has 1 fully saturated rings. The number of primary amides is 1. The number of hydrogen-bond donors (Lipinski definition) is 6. The van der Waals surface area contributed by atoms with Crippen LogP contribution in [0.5, 0.6) is 11.5 Å². The zero-order valence-corrected chi connectivity index (χ0v) is 27.3. The Kier molecular flexibility index (Phi) is 8.85. The number of β-amino-alcohol motifs (C(OH)–C–C–N with tert-alkyl or cyclic N) is 1. The summed E-state index contributed by atoms with van der Waals surface area (Å²) in [5, 5.41) is 54.7. The van der Waals surface area contributed by atoms with Gasteiger partial charge in [0.2, 0.25) is 5.78 Å². The molecule has 0 unspecified atom stereocenters. The number of Topliss-reactive ketones (excluding diaryl/α,β-unsaturated/α-hetero) is 2. The van der Waals surface area contributed by atoms with Gasteiger partial charge in [-0.1, -0.05) is 12.1 Å². The van der Waals surface area contributed by atoms with E-state index in [0.29, 0.717) is 30.0 Å². The Morgan fingerprint density at radius 3 is 2.38 bits per heavy atom. The molecule has 0 aromatic heterocycles. The highest BCUT2D eigenvalue weighted by Gasteiger charge is 2.63. The van der Waals surface area contributed by atoms with Crippen molar-refractivity contribution in [3.63, 3.8) is 0 Å². The summed E-state index contributed by atoms with van der Waals surface area (Å²) in [7, 11) is 4.80. The number of rotatable bonds is 8. The van der Waals surface area contributed by atoms with Gasteiger partial charge < -0.3 is 36.0 Å². The number of carbonyl (C=O) groups is 3. The lowest BCUT2D eigenvalue weighted by molar-refractivity contribution is -0.148. The number of methoxy groups -OCH3 is 1. The average molecular weight is 663 g/mol. The van der Waals surface area contributed by atoms with Gasteiger partial charge in [0.1, 0.15) is 28.6 Å². The molecule has 4 atom stereocenters. The molecular weight excluding hydrogens is 620 g/mol. The number of nitrogens with zero attached hydrogens (tertiary/aromatic N) is 3. The number of likely N-dealkylation sites (N-methyl/N-ethyl adjacent to an activating group) is 1. The number of hydrogen-bond acceptors (Lipinski definition) is 12. The first-order chi connectivity index (χ1) is 22.8. The summed E-state index contributed by atoms with van der Waals surface area (Å²) in [5.74, 6) is -6.13. The number of ether oxygens (including phenoxy) is 1. The second-order valence-corrected chi connectivity index (χ2v) is 13.3. The second kappa shape index (κ2) is 12.6. The van der Waals surface area contributed by atoms with Crippen LogP contribution < -0.4 is 10.5 Å². The first-order valence-electron chi connectivity index (χ1n) is 16.1. The smallest absolute Gasteiger partial charge is 0.255 e. The molecule has 1 heterocycles. The van der Waals surface area contributed by atoms with Gasteiger partial charge in [0.05, 0.1) is 25.3 Å². The van der Waals surface area contributed by atoms with Gasteiger partial charge in [-0.15, -0.1) is 0 Å². The van der Waals surface area contributed by atoms with Crippen molar-refractivity contribution in [3.8, 4) is 22.6 Å². The zero-order chi connectivity index (χ0) is 34.7. The highest BCUT2D eigenvalue weighted by atomic mass is 16.5. The van der Waals surface area contributed by atoms with Gasteiger partial charge >= 0.3 is 0 Å². The van der Waals surface area contributed by atoms with E-state index in [0.717, 1.165) is 37.3 Å². The van der Waals surface area contributed by atoms with Gasteiger partial charge in [0, 0.05) is 56.3 Å². The van der Waals surface area contributed by atoms with Crippen molar-refractivity contribution in [2.75, 3.05) is 60.5 Å². The molecule has 6 rings (SSSR count). The minimum Gasteiger partial charge on any atom is -0.510 e. The van der Waals surface area contributed by atoms with Gasteiger partial charge in [-0.25, -0.2) is 0 Å². The van der Waals surface area contributed by atoms with E-state index in [-0.39, 0.29) is 36.3 Å². The van der Waals surface area contributed by atoms with Crippen LogP contribution in [0.1, 0.15) is 27.9 Å². The Hall–Kier alpha value is -4.27. The van der Waals surface area contributed by atoms with Crippen LogP contribution in [0.2, 0.25) is 0 Å². The van der Waals surface area contributed by atoms with E-state index in [2.05, 4.69) is 9.80 Å². The number of carbonyl (C=O) groups excluding carboxylic acids is 3. The van der Waals surface area contributed by atoms with E-state index >= 15 is 0 Å². The number of allylic oxidation sites excluding steroid dienone is 1. The minimum absolute atomic E-state index is 0.0109. The second-order valence-electron chi connectivity index (χ2n) is 13.3. The SMILES string of the molecule is COc1ccc(-c2ccc(O)c3c2C[C@H]2C[C@H]4[C@H](N(C)C)C(O)=C(C(N)=O)C(=O)[C@@]4(O)C(O)=C2C3=O)cc1CN1CCN(CCO)CC1. The lowest BCUT2D eigenvalue weighted by atomic mass is 9.58. The molecular formula is C35H42N4O9. The summed E-state index contributed by atoms with van der Waals surface area (Å²) >= 11 is 0.